The van der Waals surface area contributed by atoms with Gasteiger partial charge in [-0.1, -0.05) is 26.0 Å². The van der Waals surface area contributed by atoms with Crippen LogP contribution in [-0.2, 0) is 0 Å². The fourth-order valence-electron chi connectivity index (χ4n) is 2.49. The molecule has 0 bridgehead atoms. The molecule has 2 atom stereocenters. The Morgan fingerprint density at radius 2 is 2.14 bits per heavy atom. The minimum Gasteiger partial charge on any atom is -0.379 e. The van der Waals surface area contributed by atoms with Crippen molar-refractivity contribution in [1.82, 2.24) is 0 Å². The van der Waals surface area contributed by atoms with E-state index in [2.05, 4.69) is 51.2 Å². The van der Waals surface area contributed by atoms with E-state index in [-0.39, 0.29) is 5.54 Å². The summed E-state index contributed by atoms with van der Waals surface area (Å²) in [5.41, 5.74) is 4.51. The number of fused-ring (bicyclic) bond motifs is 1. The van der Waals surface area contributed by atoms with Crippen LogP contribution in [0.1, 0.15) is 44.2 Å². The largest absolute Gasteiger partial charge is 0.379 e. The molecule has 2 unspecified atom stereocenters. The molecular formula is C13H19N. The average molecular weight is 189 g/mol. The summed E-state index contributed by atoms with van der Waals surface area (Å²) in [6.45, 7) is 9.11. The van der Waals surface area contributed by atoms with E-state index in [0.717, 1.165) is 0 Å². The first-order valence-corrected chi connectivity index (χ1v) is 5.46. The molecule has 1 aliphatic heterocycles. The predicted octanol–water partition coefficient (Wildman–Crippen LogP) is 3.69. The first-order chi connectivity index (χ1) is 6.58. The quantitative estimate of drug-likeness (QED) is 0.710. The summed E-state index contributed by atoms with van der Waals surface area (Å²) in [4.78, 5) is 0. The van der Waals surface area contributed by atoms with Gasteiger partial charge in [-0.25, -0.2) is 0 Å². The van der Waals surface area contributed by atoms with Crippen molar-refractivity contribution in [1.29, 1.82) is 0 Å². The number of rotatable bonds is 1. The van der Waals surface area contributed by atoms with Gasteiger partial charge in [-0.3, -0.25) is 0 Å². The van der Waals surface area contributed by atoms with E-state index < -0.39 is 0 Å². The van der Waals surface area contributed by atoms with Gasteiger partial charge in [-0.15, -0.1) is 0 Å². The van der Waals surface area contributed by atoms with E-state index in [4.69, 9.17) is 0 Å². The Balaban J connectivity index is 2.51. The Bertz CT molecular complexity index is 356. The third-order valence-corrected chi connectivity index (χ3v) is 3.87. The summed E-state index contributed by atoms with van der Waals surface area (Å²) in [5, 5.41) is 3.65. The molecule has 0 saturated heterocycles. The van der Waals surface area contributed by atoms with Crippen LogP contribution in [-0.4, -0.2) is 5.54 Å². The molecule has 2 rings (SSSR count). The van der Waals surface area contributed by atoms with Crippen molar-refractivity contribution >= 4 is 5.69 Å². The average Bonchev–Trinajstić information content (AvgIpc) is 2.42. The molecule has 0 radical (unpaired) electrons. The van der Waals surface area contributed by atoms with Gasteiger partial charge < -0.3 is 5.32 Å². The lowest BCUT2D eigenvalue weighted by Gasteiger charge is -2.29. The predicted molar refractivity (Wildman–Crippen MR) is 61.9 cm³/mol. The minimum atomic E-state index is 0.244. The highest BCUT2D eigenvalue weighted by atomic mass is 15.0. The van der Waals surface area contributed by atoms with Gasteiger partial charge in [0.05, 0.1) is 0 Å². The zero-order valence-corrected chi connectivity index (χ0v) is 9.52. The molecule has 1 aliphatic rings. The fraction of sp³-hybridized carbons (Fsp3) is 0.538. The normalized spacial score (nSPS) is 29.9. The van der Waals surface area contributed by atoms with Crippen LogP contribution < -0.4 is 5.32 Å². The Kier molecular flexibility index (Phi) is 2.06. The summed E-state index contributed by atoms with van der Waals surface area (Å²) in [7, 11) is 0. The van der Waals surface area contributed by atoms with Crippen molar-refractivity contribution in [3.05, 3.63) is 29.3 Å². The molecule has 0 amide bonds. The molecule has 1 N–H and O–H groups in total. The lowest BCUT2D eigenvalue weighted by atomic mass is 9.82. The minimum absolute atomic E-state index is 0.244. The van der Waals surface area contributed by atoms with Crippen molar-refractivity contribution in [2.75, 3.05) is 5.32 Å². The van der Waals surface area contributed by atoms with Crippen LogP contribution in [0.5, 0.6) is 0 Å². The Morgan fingerprint density at radius 1 is 1.43 bits per heavy atom. The SMILES string of the molecule is CCC1(C)Nc2cccc(C)c2C1C. The molecule has 1 heteroatoms. The summed E-state index contributed by atoms with van der Waals surface area (Å²) in [6, 6.07) is 6.54. The zero-order chi connectivity index (χ0) is 10.3. The van der Waals surface area contributed by atoms with Crippen molar-refractivity contribution in [2.45, 2.75) is 45.6 Å². The van der Waals surface area contributed by atoms with E-state index in [1.54, 1.807) is 0 Å². The van der Waals surface area contributed by atoms with Gasteiger partial charge in [0.2, 0.25) is 0 Å². The highest BCUT2D eigenvalue weighted by Crippen LogP contribution is 2.45. The van der Waals surface area contributed by atoms with E-state index in [9.17, 15) is 0 Å². The number of anilines is 1. The molecule has 0 fully saturated rings. The fourth-order valence-corrected chi connectivity index (χ4v) is 2.49. The molecule has 0 spiro atoms. The molecule has 1 aromatic carbocycles. The van der Waals surface area contributed by atoms with Crippen molar-refractivity contribution < 1.29 is 0 Å². The molecule has 14 heavy (non-hydrogen) atoms. The molecule has 76 valence electrons. The lowest BCUT2D eigenvalue weighted by Crippen LogP contribution is -2.33. The van der Waals surface area contributed by atoms with Crippen molar-refractivity contribution in [3.63, 3.8) is 0 Å². The van der Waals surface area contributed by atoms with Crippen LogP contribution in [0, 0.1) is 6.92 Å². The van der Waals surface area contributed by atoms with Crippen LogP contribution in [0.25, 0.3) is 0 Å². The van der Waals surface area contributed by atoms with E-state index in [1.807, 2.05) is 0 Å². The third-order valence-electron chi connectivity index (χ3n) is 3.87. The van der Waals surface area contributed by atoms with Gasteiger partial charge in [-0.05, 0) is 37.5 Å². The van der Waals surface area contributed by atoms with Crippen LogP contribution in [0.4, 0.5) is 5.69 Å². The van der Waals surface area contributed by atoms with E-state index >= 15 is 0 Å². The maximum Gasteiger partial charge on any atom is 0.0409 e. The van der Waals surface area contributed by atoms with Crippen LogP contribution in [0.2, 0.25) is 0 Å². The summed E-state index contributed by atoms with van der Waals surface area (Å²) < 4.78 is 0. The topological polar surface area (TPSA) is 12.0 Å². The number of aryl methyl sites for hydroxylation is 1. The number of hydrogen-bond donors (Lipinski definition) is 1. The summed E-state index contributed by atoms with van der Waals surface area (Å²) in [6.07, 6.45) is 1.17. The lowest BCUT2D eigenvalue weighted by molar-refractivity contribution is 0.442. The first kappa shape index (κ1) is 9.57. The van der Waals surface area contributed by atoms with Crippen LogP contribution in [0.15, 0.2) is 18.2 Å². The maximum absolute atomic E-state index is 3.65. The zero-order valence-electron chi connectivity index (χ0n) is 9.52. The second kappa shape index (κ2) is 3.01. The van der Waals surface area contributed by atoms with Crippen LogP contribution >= 0.6 is 0 Å². The van der Waals surface area contributed by atoms with Gasteiger partial charge in [0.25, 0.3) is 0 Å². The molecule has 1 aromatic rings. The molecular weight excluding hydrogens is 170 g/mol. The second-order valence-electron chi connectivity index (χ2n) is 4.65. The highest BCUT2D eigenvalue weighted by Gasteiger charge is 2.38. The Hall–Kier alpha value is -0.980. The number of nitrogens with one attached hydrogen (secondary N) is 1. The Labute approximate surface area is 86.5 Å². The third kappa shape index (κ3) is 1.15. The smallest absolute Gasteiger partial charge is 0.0409 e. The molecule has 1 heterocycles. The van der Waals surface area contributed by atoms with E-state index in [0.29, 0.717) is 5.92 Å². The summed E-state index contributed by atoms with van der Waals surface area (Å²) in [5.74, 6) is 0.615. The van der Waals surface area contributed by atoms with Gasteiger partial charge in [-0.2, -0.15) is 0 Å². The number of hydrogen-bond acceptors (Lipinski definition) is 1. The monoisotopic (exact) mass is 189 g/mol. The van der Waals surface area contributed by atoms with Gasteiger partial charge in [0, 0.05) is 17.1 Å². The van der Waals surface area contributed by atoms with E-state index in [1.165, 1.54) is 23.2 Å². The molecule has 0 saturated carbocycles. The maximum atomic E-state index is 3.65. The van der Waals surface area contributed by atoms with Gasteiger partial charge >= 0.3 is 0 Å². The Morgan fingerprint density at radius 3 is 2.71 bits per heavy atom. The van der Waals surface area contributed by atoms with Crippen molar-refractivity contribution in [2.24, 2.45) is 0 Å². The van der Waals surface area contributed by atoms with Gasteiger partial charge in [0.1, 0.15) is 0 Å². The molecule has 0 aromatic heterocycles. The second-order valence-corrected chi connectivity index (χ2v) is 4.65. The highest BCUT2D eigenvalue weighted by molar-refractivity contribution is 5.63. The molecule has 1 nitrogen and oxygen atoms in total. The summed E-state index contributed by atoms with van der Waals surface area (Å²) >= 11 is 0. The van der Waals surface area contributed by atoms with Gasteiger partial charge in [0.15, 0.2) is 0 Å². The van der Waals surface area contributed by atoms with Crippen molar-refractivity contribution in [3.8, 4) is 0 Å². The number of benzene rings is 1. The molecule has 0 aliphatic carbocycles. The van der Waals surface area contributed by atoms with Crippen LogP contribution in [0.3, 0.4) is 0 Å². The first-order valence-electron chi connectivity index (χ1n) is 5.46. The standard InChI is InChI=1S/C13H19N/c1-5-13(4)10(3)12-9(2)7-6-8-11(12)14-13/h6-8,10,14H,5H2,1-4H3.